The van der Waals surface area contributed by atoms with Gasteiger partial charge in [-0.25, -0.2) is 18.4 Å². The molecule has 1 heterocycles. The molecule has 18 heavy (non-hydrogen) atoms. The van der Waals surface area contributed by atoms with E-state index in [4.69, 9.17) is 10.9 Å². The molecule has 1 aliphatic rings. The summed E-state index contributed by atoms with van der Waals surface area (Å²) in [5.74, 6) is 0. The maximum Gasteiger partial charge on any atom is 0.339 e. The monoisotopic (exact) mass is 272 g/mol. The number of rotatable bonds is 2. The number of primary sulfonamides is 1. The molecule has 0 spiro atoms. The number of aromatic nitrogens is 2. The number of hydrogen-bond donors (Lipinski definition) is 2. The number of carbonyl (C=O) groups excluding carboxylic acids is 1. The Hall–Kier alpha value is -1.41. The second-order valence-electron chi connectivity index (χ2n) is 4.57. The molecule has 1 aromatic rings. The molecule has 1 saturated carbocycles. The summed E-state index contributed by atoms with van der Waals surface area (Å²) in [4.78, 5) is 11.3. The molecule has 0 unspecified atom stereocenters. The van der Waals surface area contributed by atoms with Crippen LogP contribution in [0.1, 0.15) is 37.8 Å². The number of amides is 1. The van der Waals surface area contributed by atoms with Gasteiger partial charge in [-0.15, -0.1) is 0 Å². The molecule has 0 saturated heterocycles. The van der Waals surface area contributed by atoms with E-state index in [0.29, 0.717) is 12.8 Å². The lowest BCUT2D eigenvalue weighted by Gasteiger charge is -2.34. The number of nitrogens with zero attached hydrogens (tertiary/aromatic N) is 2. The predicted octanol–water partition coefficient (Wildman–Crippen LogP) is 0.258. The minimum absolute atomic E-state index is 0.275. The first-order valence-electron chi connectivity index (χ1n) is 5.75. The van der Waals surface area contributed by atoms with E-state index < -0.39 is 20.8 Å². The van der Waals surface area contributed by atoms with Crippen LogP contribution in [0.15, 0.2) is 12.3 Å². The molecule has 1 aromatic heterocycles. The molecule has 2 rings (SSSR count). The lowest BCUT2D eigenvalue weighted by atomic mass is 9.86. The molecule has 100 valence electrons. The lowest BCUT2D eigenvalue weighted by molar-refractivity contribution is 0.245. The Morgan fingerprint density at radius 1 is 1.33 bits per heavy atom. The van der Waals surface area contributed by atoms with Crippen LogP contribution in [-0.2, 0) is 14.8 Å². The summed E-state index contributed by atoms with van der Waals surface area (Å²) in [6.07, 6.45) is 4.61. The molecule has 0 radical (unpaired) electrons. The highest BCUT2D eigenvalue weighted by molar-refractivity contribution is 7.90. The minimum Gasteiger partial charge on any atom is -0.350 e. The fourth-order valence-electron chi connectivity index (χ4n) is 2.63. The molecule has 0 atom stereocenters. The van der Waals surface area contributed by atoms with Gasteiger partial charge in [-0.1, -0.05) is 19.3 Å². The van der Waals surface area contributed by atoms with E-state index >= 15 is 0 Å². The van der Waals surface area contributed by atoms with Crippen molar-refractivity contribution in [3.05, 3.63) is 18.0 Å². The van der Waals surface area contributed by atoms with Crippen LogP contribution in [0.5, 0.6) is 0 Å². The maximum atomic E-state index is 12.0. The average Bonchev–Trinajstić information content (AvgIpc) is 2.77. The molecular formula is C10H16N4O3S. The number of carbonyl (C=O) groups is 1. The maximum absolute atomic E-state index is 12.0. The van der Waals surface area contributed by atoms with E-state index in [1.807, 2.05) is 0 Å². The largest absolute Gasteiger partial charge is 0.350 e. The molecule has 7 nitrogen and oxygen atoms in total. The quantitative estimate of drug-likeness (QED) is 0.801. The molecule has 0 bridgehead atoms. The Kier molecular flexibility index (Phi) is 3.16. The zero-order chi connectivity index (χ0) is 13.4. The first-order valence-corrected chi connectivity index (χ1v) is 7.30. The topological polar surface area (TPSA) is 121 Å². The van der Waals surface area contributed by atoms with Crippen molar-refractivity contribution in [2.24, 2.45) is 10.9 Å². The number of nitrogens with two attached hydrogens (primary N) is 2. The van der Waals surface area contributed by atoms with Gasteiger partial charge in [-0.2, -0.15) is 9.78 Å². The minimum atomic E-state index is -3.84. The van der Waals surface area contributed by atoms with Crippen molar-refractivity contribution < 1.29 is 13.2 Å². The molecule has 0 aromatic carbocycles. The summed E-state index contributed by atoms with van der Waals surface area (Å²) in [6.45, 7) is 0. The van der Waals surface area contributed by atoms with Gasteiger partial charge in [-0.3, -0.25) is 0 Å². The van der Waals surface area contributed by atoms with E-state index in [0.717, 1.165) is 23.9 Å². The van der Waals surface area contributed by atoms with Gasteiger partial charge < -0.3 is 5.73 Å². The van der Waals surface area contributed by atoms with Crippen molar-refractivity contribution >= 4 is 16.1 Å². The zero-order valence-corrected chi connectivity index (χ0v) is 10.7. The van der Waals surface area contributed by atoms with E-state index in [9.17, 15) is 13.2 Å². The van der Waals surface area contributed by atoms with Crippen LogP contribution < -0.4 is 10.9 Å². The fraction of sp³-hybridized carbons (Fsp3) is 0.600. The van der Waals surface area contributed by atoms with Crippen LogP contribution in [0.3, 0.4) is 0 Å². The summed E-state index contributed by atoms with van der Waals surface area (Å²) in [5.41, 5.74) is 5.47. The highest BCUT2D eigenvalue weighted by Gasteiger charge is 2.47. The first kappa shape index (κ1) is 13.0. The SMILES string of the molecule is NC(=O)n1nccc1C1(S(N)(=O)=O)CCCCC1. The predicted molar refractivity (Wildman–Crippen MR) is 65.1 cm³/mol. The van der Waals surface area contributed by atoms with Gasteiger partial charge in [0.2, 0.25) is 10.0 Å². The molecule has 1 fully saturated rings. The Bertz CT molecular complexity index is 557. The summed E-state index contributed by atoms with van der Waals surface area (Å²) >= 11 is 0. The Balaban J connectivity index is 2.60. The molecule has 0 aliphatic heterocycles. The third kappa shape index (κ3) is 1.91. The van der Waals surface area contributed by atoms with Crippen molar-refractivity contribution in [1.82, 2.24) is 9.78 Å². The average molecular weight is 272 g/mol. The van der Waals surface area contributed by atoms with Crippen LogP contribution in [0, 0.1) is 0 Å². The van der Waals surface area contributed by atoms with Gasteiger partial charge in [0, 0.05) is 6.20 Å². The number of primary amides is 1. The molecule has 4 N–H and O–H groups in total. The van der Waals surface area contributed by atoms with Gasteiger partial charge >= 0.3 is 6.03 Å². The number of sulfonamides is 1. The van der Waals surface area contributed by atoms with E-state index in [1.54, 1.807) is 0 Å². The Morgan fingerprint density at radius 2 is 1.94 bits per heavy atom. The molecule has 1 aliphatic carbocycles. The van der Waals surface area contributed by atoms with Gasteiger partial charge in [0.05, 0.1) is 5.69 Å². The van der Waals surface area contributed by atoms with Crippen molar-refractivity contribution in [3.8, 4) is 0 Å². The highest BCUT2D eigenvalue weighted by Crippen LogP contribution is 2.42. The van der Waals surface area contributed by atoms with Gasteiger partial charge in [0.25, 0.3) is 0 Å². The summed E-state index contributed by atoms with van der Waals surface area (Å²) in [6, 6.07) is 0.698. The standard InChI is InChI=1S/C10H16N4O3S/c11-9(15)14-8(4-7-13-14)10(18(12,16)17)5-2-1-3-6-10/h4,7H,1-3,5-6H2,(H2,11,15)(H2,12,16,17). The van der Waals surface area contributed by atoms with Crippen LogP contribution in [0.4, 0.5) is 4.79 Å². The van der Waals surface area contributed by atoms with Crippen LogP contribution in [0.25, 0.3) is 0 Å². The Labute approximate surface area is 105 Å². The third-order valence-corrected chi connectivity index (χ3v) is 5.23. The van der Waals surface area contributed by atoms with Crippen molar-refractivity contribution in [1.29, 1.82) is 0 Å². The van der Waals surface area contributed by atoms with Crippen LogP contribution in [0.2, 0.25) is 0 Å². The van der Waals surface area contributed by atoms with Crippen molar-refractivity contribution in [3.63, 3.8) is 0 Å². The second kappa shape index (κ2) is 4.36. The van der Waals surface area contributed by atoms with E-state index in [-0.39, 0.29) is 5.69 Å². The smallest absolute Gasteiger partial charge is 0.339 e. The van der Waals surface area contributed by atoms with Crippen molar-refractivity contribution in [2.45, 2.75) is 36.9 Å². The van der Waals surface area contributed by atoms with Gasteiger partial charge in [0.15, 0.2) is 0 Å². The van der Waals surface area contributed by atoms with Gasteiger partial charge in [-0.05, 0) is 18.9 Å². The molecular weight excluding hydrogens is 256 g/mol. The fourth-order valence-corrected chi connectivity index (χ4v) is 3.94. The Morgan fingerprint density at radius 3 is 2.44 bits per heavy atom. The molecule has 1 amide bonds. The van der Waals surface area contributed by atoms with Crippen LogP contribution >= 0.6 is 0 Å². The normalized spacial score (nSPS) is 19.6. The lowest BCUT2D eigenvalue weighted by Crippen LogP contribution is -2.45. The summed E-state index contributed by atoms with van der Waals surface area (Å²) in [7, 11) is -3.84. The summed E-state index contributed by atoms with van der Waals surface area (Å²) < 4.78 is 23.6. The highest BCUT2D eigenvalue weighted by atomic mass is 32.2. The van der Waals surface area contributed by atoms with E-state index in [1.165, 1.54) is 12.3 Å². The first-order chi connectivity index (χ1) is 8.38. The molecule has 8 heteroatoms. The summed E-state index contributed by atoms with van der Waals surface area (Å²) in [5, 5.41) is 9.16. The second-order valence-corrected chi connectivity index (χ2v) is 6.44. The third-order valence-electron chi connectivity index (χ3n) is 3.52. The zero-order valence-electron chi connectivity index (χ0n) is 9.87. The van der Waals surface area contributed by atoms with Gasteiger partial charge in [0.1, 0.15) is 4.75 Å². The van der Waals surface area contributed by atoms with Crippen LogP contribution in [-0.4, -0.2) is 24.2 Å². The number of hydrogen-bond acceptors (Lipinski definition) is 4. The van der Waals surface area contributed by atoms with Crippen molar-refractivity contribution in [2.75, 3.05) is 0 Å². The van der Waals surface area contributed by atoms with E-state index in [2.05, 4.69) is 5.10 Å².